The van der Waals surface area contributed by atoms with Crippen molar-refractivity contribution in [1.82, 2.24) is 14.9 Å². The van der Waals surface area contributed by atoms with Crippen LogP contribution in [0.15, 0.2) is 73.1 Å². The van der Waals surface area contributed by atoms with Crippen LogP contribution in [0, 0.1) is 5.92 Å². The molecular weight excluding hydrogens is 663 g/mol. The van der Waals surface area contributed by atoms with Crippen LogP contribution in [0.4, 0.5) is 0 Å². The van der Waals surface area contributed by atoms with E-state index in [1.54, 1.807) is 18.5 Å². The van der Waals surface area contributed by atoms with Crippen molar-refractivity contribution in [2.75, 3.05) is 13.2 Å². The van der Waals surface area contributed by atoms with E-state index in [4.69, 9.17) is 4.74 Å². The Kier molecular flexibility index (Phi) is 12.8. The molecule has 1 saturated heterocycles. The molecule has 1 aliphatic heterocycles. The Labute approximate surface area is 304 Å². The van der Waals surface area contributed by atoms with Crippen molar-refractivity contribution in [2.45, 2.75) is 96.6 Å². The molecule has 10 heteroatoms. The second-order valence-electron chi connectivity index (χ2n) is 14.5. The van der Waals surface area contributed by atoms with Crippen LogP contribution >= 0.6 is 11.3 Å². The number of carboxylic acid groups (broad SMARTS) is 1. The number of likely N-dealkylation sites (tertiary alicyclic amines) is 1. The molecule has 0 radical (unpaired) electrons. The number of Topliss-reactive ketones (excluding diaryl/α,β-unsaturated/α-hetero) is 1. The number of ketones is 1. The quantitative estimate of drug-likeness (QED) is 0.0884. The summed E-state index contributed by atoms with van der Waals surface area (Å²) < 4.78 is 5.89. The largest absolute Gasteiger partial charge is 0.494 e. The predicted octanol–water partition coefficient (Wildman–Crippen LogP) is 8.00. The van der Waals surface area contributed by atoms with E-state index in [9.17, 15) is 24.6 Å². The van der Waals surface area contributed by atoms with Gasteiger partial charge in [0.1, 0.15) is 11.8 Å². The van der Waals surface area contributed by atoms with Crippen molar-refractivity contribution in [3.63, 3.8) is 0 Å². The number of carbonyl (C=O) groups excluding carboxylic acids is 2. The van der Waals surface area contributed by atoms with Gasteiger partial charge < -0.3 is 19.8 Å². The highest BCUT2D eigenvalue weighted by molar-refractivity contribution is 7.14. The van der Waals surface area contributed by atoms with E-state index in [2.05, 4.69) is 37.7 Å². The summed E-state index contributed by atoms with van der Waals surface area (Å²) in [5, 5.41) is 20.0. The fourth-order valence-electron chi connectivity index (χ4n) is 6.33. The van der Waals surface area contributed by atoms with Crippen LogP contribution < -0.4 is 4.74 Å². The number of amides is 1. The van der Waals surface area contributed by atoms with E-state index in [1.165, 1.54) is 41.9 Å². The van der Waals surface area contributed by atoms with Crippen molar-refractivity contribution >= 4 is 29.0 Å². The Bertz CT molecular complexity index is 1760. The first-order chi connectivity index (χ1) is 24.4. The van der Waals surface area contributed by atoms with Gasteiger partial charge in [0.05, 0.1) is 17.6 Å². The number of ether oxygens (including phenoxy) is 1. The fourth-order valence-corrected chi connectivity index (χ4v) is 7.34. The second-order valence-corrected chi connectivity index (χ2v) is 15.5. The Balaban J connectivity index is 1.26. The lowest BCUT2D eigenvalue weighted by molar-refractivity contribution is -0.149. The van der Waals surface area contributed by atoms with E-state index in [0.717, 1.165) is 45.9 Å². The van der Waals surface area contributed by atoms with E-state index in [-0.39, 0.29) is 37.0 Å². The third kappa shape index (κ3) is 10.1. The molecule has 1 unspecified atom stereocenters. The van der Waals surface area contributed by atoms with Crippen LogP contribution in [0.5, 0.6) is 5.75 Å². The summed E-state index contributed by atoms with van der Waals surface area (Å²) in [5.74, 6) is -1.16. The molecule has 4 aromatic rings. The number of aliphatic hydroxyl groups is 1. The summed E-state index contributed by atoms with van der Waals surface area (Å²) in [4.78, 5) is 51.4. The molecule has 0 bridgehead atoms. The molecule has 1 amide bonds. The molecule has 0 spiro atoms. The van der Waals surface area contributed by atoms with Crippen molar-refractivity contribution in [3.8, 4) is 28.3 Å². The zero-order chi connectivity index (χ0) is 36.5. The van der Waals surface area contributed by atoms with Gasteiger partial charge in [-0.3, -0.25) is 9.59 Å². The van der Waals surface area contributed by atoms with Crippen LogP contribution in [-0.4, -0.2) is 68.0 Å². The number of carbonyl (C=O) groups is 3. The maximum Gasteiger partial charge on any atom is 0.326 e. The van der Waals surface area contributed by atoms with Crippen LogP contribution in [0.2, 0.25) is 0 Å². The fraction of sp³-hybridized carbons (Fsp3) is 0.439. The summed E-state index contributed by atoms with van der Waals surface area (Å²) in [7, 11) is 0. The minimum absolute atomic E-state index is 0.0337. The number of benzene rings is 2. The van der Waals surface area contributed by atoms with E-state index in [0.29, 0.717) is 10.7 Å². The molecule has 0 aliphatic carbocycles. The number of aromatic nitrogens is 2. The van der Waals surface area contributed by atoms with Gasteiger partial charge in [-0.25, -0.2) is 14.8 Å². The normalized spacial score (nSPS) is 16.6. The van der Waals surface area contributed by atoms with Crippen molar-refractivity contribution in [3.05, 3.63) is 88.4 Å². The smallest absolute Gasteiger partial charge is 0.326 e. The van der Waals surface area contributed by atoms with E-state index < -0.39 is 29.9 Å². The third-order valence-electron chi connectivity index (χ3n) is 9.30. The van der Waals surface area contributed by atoms with Crippen molar-refractivity contribution in [1.29, 1.82) is 0 Å². The zero-order valence-corrected chi connectivity index (χ0v) is 30.8. The molecule has 1 fully saturated rings. The molecule has 2 aromatic carbocycles. The highest BCUT2D eigenvalue weighted by Crippen LogP contribution is 2.32. The Morgan fingerprint density at radius 2 is 1.57 bits per heavy atom. The Morgan fingerprint density at radius 1 is 0.902 bits per heavy atom. The minimum atomic E-state index is -1.16. The van der Waals surface area contributed by atoms with Gasteiger partial charge >= 0.3 is 5.97 Å². The molecule has 51 heavy (non-hydrogen) atoms. The van der Waals surface area contributed by atoms with Gasteiger partial charge in [0, 0.05) is 53.7 Å². The highest BCUT2D eigenvalue weighted by Gasteiger charge is 2.41. The number of rotatable bonds is 16. The number of nitrogens with zero attached hydrogens (tertiary/aromatic N) is 3. The van der Waals surface area contributed by atoms with Crippen LogP contribution in [0.3, 0.4) is 0 Å². The first-order valence-corrected chi connectivity index (χ1v) is 18.7. The zero-order valence-electron chi connectivity index (χ0n) is 30.0. The first kappa shape index (κ1) is 37.8. The number of unbranched alkanes of at least 4 members (excludes halogenated alkanes) is 4. The van der Waals surface area contributed by atoms with Gasteiger partial charge in [-0.05, 0) is 53.6 Å². The molecule has 1 aliphatic rings. The molecule has 5 rings (SSSR count). The minimum Gasteiger partial charge on any atom is -0.494 e. The Morgan fingerprint density at radius 3 is 2.20 bits per heavy atom. The standard InChI is InChI=1S/C41H49N3O6S/c1-5-6-7-8-9-20-50-33-16-14-28(15-17-33)31-24-42-38(43-25-31)29-12-10-27(11-13-29)21-30(39(47)44-26-32(45)23-34(44)40(48)49)22-35(46)36-18-19-37(51-36)41(2,3)4/h10-19,24-25,30,32,34,45H,5-9,20-23,26H2,1-4H3,(H,48,49)/t30-,32-,34?/m1/s1. The van der Waals surface area contributed by atoms with E-state index in [1.807, 2.05) is 54.6 Å². The SMILES string of the molecule is CCCCCCCOc1ccc(-c2cnc(-c3ccc(C[C@H](CC(=O)c4ccc(C(C)(C)C)s4)C(=O)N4C[C@H](O)CC4C(=O)O)cc3)nc2)cc1. The van der Waals surface area contributed by atoms with Gasteiger partial charge in [0.25, 0.3) is 0 Å². The molecule has 2 N–H and O–H groups in total. The topological polar surface area (TPSA) is 130 Å². The molecule has 9 nitrogen and oxygen atoms in total. The molecule has 3 atom stereocenters. The van der Waals surface area contributed by atoms with Gasteiger partial charge in [0.2, 0.25) is 5.91 Å². The summed E-state index contributed by atoms with van der Waals surface area (Å²) in [6, 6.07) is 18.1. The second kappa shape index (κ2) is 17.2. The summed E-state index contributed by atoms with van der Waals surface area (Å²) >= 11 is 1.42. The molecule has 3 heterocycles. The van der Waals surface area contributed by atoms with Crippen molar-refractivity contribution in [2.24, 2.45) is 5.92 Å². The molecule has 2 aromatic heterocycles. The maximum absolute atomic E-state index is 13.9. The van der Waals surface area contributed by atoms with E-state index >= 15 is 0 Å². The third-order valence-corrected chi connectivity index (χ3v) is 10.9. The summed E-state index contributed by atoms with van der Waals surface area (Å²) in [6.07, 6.45) is 8.79. The maximum atomic E-state index is 13.9. The lowest BCUT2D eigenvalue weighted by Gasteiger charge is -2.26. The number of hydrogen-bond acceptors (Lipinski definition) is 8. The number of β-amino-alcohol motifs (C(OH)–C–C–N with tert-alkyl or cyclic N) is 1. The summed E-state index contributed by atoms with van der Waals surface area (Å²) in [6.45, 7) is 9.10. The number of thiophene rings is 1. The number of aliphatic hydroxyl groups excluding tert-OH is 1. The number of aliphatic carboxylic acids is 1. The Hall–Kier alpha value is -4.41. The molecule has 270 valence electrons. The lowest BCUT2D eigenvalue weighted by Crippen LogP contribution is -2.44. The van der Waals surface area contributed by atoms with Gasteiger partial charge in [-0.15, -0.1) is 11.3 Å². The average molecular weight is 712 g/mol. The predicted molar refractivity (Wildman–Crippen MR) is 200 cm³/mol. The van der Waals surface area contributed by atoms with Crippen LogP contribution in [0.1, 0.15) is 92.8 Å². The molecular formula is C41H49N3O6S. The summed E-state index contributed by atoms with van der Waals surface area (Å²) in [5.41, 5.74) is 3.38. The monoisotopic (exact) mass is 711 g/mol. The first-order valence-electron chi connectivity index (χ1n) is 17.9. The van der Waals surface area contributed by atoms with Gasteiger partial charge in [-0.1, -0.05) is 89.8 Å². The molecule has 0 saturated carbocycles. The average Bonchev–Trinajstić information content (AvgIpc) is 3.78. The van der Waals surface area contributed by atoms with Crippen LogP contribution in [0.25, 0.3) is 22.5 Å². The van der Waals surface area contributed by atoms with Gasteiger partial charge in [-0.2, -0.15) is 0 Å². The van der Waals surface area contributed by atoms with Crippen LogP contribution in [-0.2, 0) is 21.4 Å². The number of carboxylic acids is 1. The lowest BCUT2D eigenvalue weighted by atomic mass is 9.91. The van der Waals surface area contributed by atoms with Gasteiger partial charge in [0.15, 0.2) is 11.6 Å². The highest BCUT2D eigenvalue weighted by atomic mass is 32.1. The van der Waals surface area contributed by atoms with Crippen molar-refractivity contribution < 1.29 is 29.3 Å². The number of hydrogen-bond donors (Lipinski definition) is 2.